The van der Waals surface area contributed by atoms with Crippen molar-refractivity contribution in [3.05, 3.63) is 59.7 Å². The third-order valence-electron chi connectivity index (χ3n) is 4.91. The lowest BCUT2D eigenvalue weighted by molar-refractivity contribution is -0.117. The second-order valence-electron chi connectivity index (χ2n) is 6.79. The molecule has 2 fully saturated rings. The molecule has 0 radical (unpaired) electrons. The Morgan fingerprint density at radius 2 is 1.88 bits per heavy atom. The first-order valence-corrected chi connectivity index (χ1v) is 10.1. The highest BCUT2D eigenvalue weighted by Crippen LogP contribution is 2.43. The number of anilines is 2. The van der Waals surface area contributed by atoms with Gasteiger partial charge in [0.15, 0.2) is 0 Å². The summed E-state index contributed by atoms with van der Waals surface area (Å²) in [5.41, 5.74) is 4.08. The number of carbonyl (C=O) groups is 2. The van der Waals surface area contributed by atoms with Gasteiger partial charge in [0, 0.05) is 17.3 Å². The Labute approximate surface area is 158 Å². The third-order valence-corrected chi connectivity index (χ3v) is 6.12. The fourth-order valence-electron chi connectivity index (χ4n) is 3.30. The summed E-state index contributed by atoms with van der Waals surface area (Å²) >= 11 is 1.65. The molecule has 2 aromatic carbocycles. The summed E-state index contributed by atoms with van der Waals surface area (Å²) in [5, 5.41) is 2.94. The van der Waals surface area contributed by atoms with Crippen LogP contribution in [0.2, 0.25) is 0 Å². The van der Waals surface area contributed by atoms with Gasteiger partial charge in [-0.1, -0.05) is 37.3 Å². The Kier molecular flexibility index (Phi) is 4.72. The van der Waals surface area contributed by atoms with Crippen LogP contribution in [0, 0.1) is 5.92 Å². The molecule has 0 spiro atoms. The number of para-hydroxylation sites is 1. The predicted molar refractivity (Wildman–Crippen MR) is 106 cm³/mol. The van der Waals surface area contributed by atoms with E-state index in [1.807, 2.05) is 47.4 Å². The van der Waals surface area contributed by atoms with E-state index in [1.165, 1.54) is 5.56 Å². The van der Waals surface area contributed by atoms with Crippen molar-refractivity contribution < 1.29 is 9.59 Å². The zero-order valence-electron chi connectivity index (χ0n) is 14.8. The van der Waals surface area contributed by atoms with Crippen LogP contribution in [0.5, 0.6) is 0 Å². The first-order valence-electron chi connectivity index (χ1n) is 9.09. The minimum atomic E-state index is -0.0246. The number of carbonyl (C=O) groups excluding carboxylic acids is 2. The summed E-state index contributed by atoms with van der Waals surface area (Å²) in [6, 6.07) is 16.0. The Balaban J connectivity index is 1.57. The van der Waals surface area contributed by atoms with Crippen LogP contribution in [0.4, 0.5) is 11.4 Å². The summed E-state index contributed by atoms with van der Waals surface area (Å²) in [6.45, 7) is 2.11. The smallest absolute Gasteiger partial charge is 0.238 e. The molecular formula is C21H22N2O2S. The van der Waals surface area contributed by atoms with Gasteiger partial charge in [-0.05, 0) is 48.6 Å². The Bertz CT molecular complexity index is 830. The van der Waals surface area contributed by atoms with E-state index in [4.69, 9.17) is 0 Å². The molecule has 1 heterocycles. The standard InChI is InChI=1S/C21H22N2O2S/c1-2-14-5-3-4-6-18(14)23-19(24)13-26-21(23)16-9-11-17(12-10-16)22-20(25)15-7-8-15/h3-6,9-12,15,21H,2,7-8,13H2,1H3,(H,22,25)/t21-/m1/s1. The van der Waals surface area contributed by atoms with Gasteiger partial charge >= 0.3 is 0 Å². The average Bonchev–Trinajstić information content (AvgIpc) is 3.45. The maximum absolute atomic E-state index is 12.6. The maximum atomic E-state index is 12.6. The molecule has 1 saturated heterocycles. The van der Waals surface area contributed by atoms with Gasteiger partial charge in [-0.25, -0.2) is 0 Å². The van der Waals surface area contributed by atoms with Crippen molar-refractivity contribution in [3.63, 3.8) is 0 Å². The van der Waals surface area contributed by atoms with Gasteiger partial charge in [0.25, 0.3) is 0 Å². The highest BCUT2D eigenvalue weighted by molar-refractivity contribution is 8.00. The van der Waals surface area contributed by atoms with Crippen molar-refractivity contribution >= 4 is 35.0 Å². The van der Waals surface area contributed by atoms with Crippen LogP contribution < -0.4 is 10.2 Å². The molecule has 2 aromatic rings. The van der Waals surface area contributed by atoms with Crippen LogP contribution in [0.25, 0.3) is 0 Å². The number of amides is 2. The molecule has 134 valence electrons. The van der Waals surface area contributed by atoms with Gasteiger partial charge in [0.1, 0.15) is 5.37 Å². The molecule has 0 aromatic heterocycles. The van der Waals surface area contributed by atoms with Gasteiger partial charge in [-0.15, -0.1) is 11.8 Å². The summed E-state index contributed by atoms with van der Waals surface area (Å²) in [4.78, 5) is 26.4. The van der Waals surface area contributed by atoms with Crippen LogP contribution in [0.1, 0.15) is 36.3 Å². The van der Waals surface area contributed by atoms with Crippen molar-refractivity contribution in [2.45, 2.75) is 31.6 Å². The first-order chi connectivity index (χ1) is 12.7. The second kappa shape index (κ2) is 7.16. The lowest BCUT2D eigenvalue weighted by atomic mass is 10.1. The fourth-order valence-corrected chi connectivity index (χ4v) is 4.47. The molecule has 2 aliphatic rings. The molecule has 1 aliphatic carbocycles. The Hall–Kier alpha value is -2.27. The quantitative estimate of drug-likeness (QED) is 0.854. The SMILES string of the molecule is CCc1ccccc1N1C(=O)CS[C@@H]1c1ccc(NC(=O)C2CC2)cc1. The highest BCUT2D eigenvalue weighted by Gasteiger charge is 2.35. The number of hydrogen-bond donors (Lipinski definition) is 1. The number of aryl methyl sites for hydroxylation is 1. The van der Waals surface area contributed by atoms with E-state index in [0.717, 1.165) is 36.2 Å². The number of nitrogens with zero attached hydrogens (tertiary/aromatic N) is 1. The summed E-state index contributed by atoms with van der Waals surface area (Å²) < 4.78 is 0. The first kappa shape index (κ1) is 17.2. The molecule has 1 atom stereocenters. The normalized spacial score (nSPS) is 19.7. The number of nitrogens with one attached hydrogen (secondary N) is 1. The number of rotatable bonds is 5. The third kappa shape index (κ3) is 3.36. The zero-order valence-corrected chi connectivity index (χ0v) is 15.6. The van der Waals surface area contributed by atoms with Crippen LogP contribution in [0.3, 0.4) is 0 Å². The molecule has 4 nitrogen and oxygen atoms in total. The van der Waals surface area contributed by atoms with E-state index in [2.05, 4.69) is 18.3 Å². The van der Waals surface area contributed by atoms with Crippen LogP contribution >= 0.6 is 11.8 Å². The number of hydrogen-bond acceptors (Lipinski definition) is 3. The van der Waals surface area contributed by atoms with Gasteiger partial charge in [0.05, 0.1) is 5.75 Å². The van der Waals surface area contributed by atoms with E-state index in [1.54, 1.807) is 11.8 Å². The lowest BCUT2D eigenvalue weighted by Gasteiger charge is -2.26. The molecule has 1 aliphatic heterocycles. The lowest BCUT2D eigenvalue weighted by Crippen LogP contribution is -2.28. The largest absolute Gasteiger partial charge is 0.326 e. The molecule has 4 rings (SSSR count). The van der Waals surface area contributed by atoms with Crippen LogP contribution in [0.15, 0.2) is 48.5 Å². The van der Waals surface area contributed by atoms with Gasteiger partial charge in [-0.3, -0.25) is 14.5 Å². The number of benzene rings is 2. The summed E-state index contributed by atoms with van der Waals surface area (Å²) in [6.07, 6.45) is 2.89. The van der Waals surface area contributed by atoms with E-state index in [0.29, 0.717) is 5.75 Å². The van der Waals surface area contributed by atoms with Crippen molar-refractivity contribution in [1.82, 2.24) is 0 Å². The van der Waals surface area contributed by atoms with Crippen molar-refractivity contribution in [3.8, 4) is 0 Å². The van der Waals surface area contributed by atoms with E-state index < -0.39 is 0 Å². The topological polar surface area (TPSA) is 49.4 Å². The molecular weight excluding hydrogens is 344 g/mol. The average molecular weight is 366 g/mol. The van der Waals surface area contributed by atoms with Crippen LogP contribution in [-0.4, -0.2) is 17.6 Å². The Morgan fingerprint density at radius 1 is 1.15 bits per heavy atom. The number of thioether (sulfide) groups is 1. The predicted octanol–water partition coefficient (Wildman–Crippen LogP) is 4.38. The van der Waals surface area contributed by atoms with Crippen LogP contribution in [-0.2, 0) is 16.0 Å². The fraction of sp³-hybridized carbons (Fsp3) is 0.333. The Morgan fingerprint density at radius 3 is 2.58 bits per heavy atom. The van der Waals surface area contributed by atoms with Crippen molar-refractivity contribution in [2.24, 2.45) is 5.92 Å². The van der Waals surface area contributed by atoms with Crippen molar-refractivity contribution in [1.29, 1.82) is 0 Å². The molecule has 1 saturated carbocycles. The molecule has 26 heavy (non-hydrogen) atoms. The monoisotopic (exact) mass is 366 g/mol. The minimum absolute atomic E-state index is 0.0246. The van der Waals surface area contributed by atoms with Crippen molar-refractivity contribution in [2.75, 3.05) is 16.0 Å². The highest BCUT2D eigenvalue weighted by atomic mass is 32.2. The molecule has 0 bridgehead atoms. The van der Waals surface area contributed by atoms with E-state index >= 15 is 0 Å². The van der Waals surface area contributed by atoms with E-state index in [-0.39, 0.29) is 23.1 Å². The maximum Gasteiger partial charge on any atom is 0.238 e. The molecule has 0 unspecified atom stereocenters. The minimum Gasteiger partial charge on any atom is -0.326 e. The van der Waals surface area contributed by atoms with E-state index in [9.17, 15) is 9.59 Å². The summed E-state index contributed by atoms with van der Waals surface area (Å²) in [7, 11) is 0. The van der Waals surface area contributed by atoms with Gasteiger partial charge in [-0.2, -0.15) is 0 Å². The molecule has 2 amide bonds. The zero-order chi connectivity index (χ0) is 18.1. The molecule has 5 heteroatoms. The molecule has 1 N–H and O–H groups in total. The second-order valence-corrected chi connectivity index (χ2v) is 7.86. The van der Waals surface area contributed by atoms with Gasteiger partial charge < -0.3 is 5.32 Å². The van der Waals surface area contributed by atoms with Gasteiger partial charge in [0.2, 0.25) is 11.8 Å². The summed E-state index contributed by atoms with van der Waals surface area (Å²) in [5.74, 6) is 0.940.